The average Bonchev–Trinajstić information content (AvgIpc) is 3.03. The van der Waals surface area contributed by atoms with Crippen molar-refractivity contribution in [2.75, 3.05) is 19.4 Å². The molecule has 3 rings (SSSR count). The van der Waals surface area contributed by atoms with Gasteiger partial charge in [-0.25, -0.2) is 17.7 Å². The summed E-state index contributed by atoms with van der Waals surface area (Å²) < 4.78 is 26.9. The molecule has 5 nitrogen and oxygen atoms in total. The first-order valence-electron chi connectivity index (χ1n) is 8.43. The van der Waals surface area contributed by atoms with Gasteiger partial charge in [-0.15, -0.1) is 11.3 Å². The molecule has 0 radical (unpaired) electrons. The van der Waals surface area contributed by atoms with E-state index in [2.05, 4.69) is 30.2 Å². The van der Waals surface area contributed by atoms with Crippen LogP contribution >= 0.6 is 11.3 Å². The number of fused-ring (bicyclic) bond motifs is 1. The van der Waals surface area contributed by atoms with Crippen molar-refractivity contribution in [2.24, 2.45) is 0 Å². The van der Waals surface area contributed by atoms with Crippen LogP contribution in [-0.2, 0) is 16.6 Å². The van der Waals surface area contributed by atoms with Gasteiger partial charge in [-0.3, -0.25) is 0 Å². The lowest BCUT2D eigenvalue weighted by atomic mass is 10.2. The molecule has 26 heavy (non-hydrogen) atoms. The van der Waals surface area contributed by atoms with Gasteiger partial charge in [0.25, 0.3) is 0 Å². The minimum atomic E-state index is -3.42. The number of nitrogens with zero attached hydrogens (tertiary/aromatic N) is 2. The van der Waals surface area contributed by atoms with Gasteiger partial charge in [-0.2, -0.15) is 0 Å². The maximum atomic E-state index is 12.3. The standard InChI is InChI=1S/C19H23N3O2S2/c1-13(2)19-21-17-9-8-15(11-18(17)25-19)20-12-14-6-5-7-16(10-14)26(23,24)22(3)4/h5-11,13,20H,12H2,1-4H3. The Bertz CT molecular complexity index is 1020. The Kier molecular flexibility index (Phi) is 5.32. The van der Waals surface area contributed by atoms with Gasteiger partial charge in [0.1, 0.15) is 0 Å². The van der Waals surface area contributed by atoms with Crippen LogP contribution < -0.4 is 5.32 Å². The molecule has 0 aliphatic rings. The third-order valence-corrected chi connectivity index (χ3v) is 7.20. The Morgan fingerprint density at radius 1 is 1.15 bits per heavy atom. The molecule has 0 saturated carbocycles. The van der Waals surface area contributed by atoms with Crippen LogP contribution in [-0.4, -0.2) is 31.8 Å². The van der Waals surface area contributed by atoms with E-state index >= 15 is 0 Å². The average molecular weight is 390 g/mol. The minimum absolute atomic E-state index is 0.307. The van der Waals surface area contributed by atoms with Gasteiger partial charge in [-0.1, -0.05) is 26.0 Å². The monoisotopic (exact) mass is 389 g/mol. The zero-order valence-corrected chi connectivity index (χ0v) is 17.0. The maximum Gasteiger partial charge on any atom is 0.242 e. The van der Waals surface area contributed by atoms with E-state index in [0.29, 0.717) is 17.4 Å². The number of nitrogens with one attached hydrogen (secondary N) is 1. The molecule has 2 aromatic carbocycles. The molecule has 0 bridgehead atoms. The van der Waals surface area contributed by atoms with E-state index in [0.717, 1.165) is 26.5 Å². The van der Waals surface area contributed by atoms with Crippen molar-refractivity contribution in [1.82, 2.24) is 9.29 Å². The van der Waals surface area contributed by atoms with Gasteiger partial charge in [0.15, 0.2) is 0 Å². The predicted octanol–water partition coefficient (Wildman–Crippen LogP) is 4.28. The van der Waals surface area contributed by atoms with Crippen molar-refractivity contribution >= 4 is 37.3 Å². The van der Waals surface area contributed by atoms with E-state index in [4.69, 9.17) is 0 Å². The first kappa shape index (κ1) is 18.8. The van der Waals surface area contributed by atoms with E-state index in [-0.39, 0.29) is 0 Å². The lowest BCUT2D eigenvalue weighted by Crippen LogP contribution is -2.22. The van der Waals surface area contributed by atoms with Crippen molar-refractivity contribution in [3.8, 4) is 0 Å². The minimum Gasteiger partial charge on any atom is -0.381 e. The number of sulfonamides is 1. The SMILES string of the molecule is CC(C)c1nc2ccc(NCc3cccc(S(=O)(=O)N(C)C)c3)cc2s1. The highest BCUT2D eigenvalue weighted by atomic mass is 32.2. The van der Waals surface area contributed by atoms with Crippen molar-refractivity contribution in [1.29, 1.82) is 0 Å². The fraction of sp³-hybridized carbons (Fsp3) is 0.316. The molecule has 138 valence electrons. The summed E-state index contributed by atoms with van der Waals surface area (Å²) >= 11 is 1.71. The largest absolute Gasteiger partial charge is 0.381 e. The van der Waals surface area contributed by atoms with Crippen molar-refractivity contribution < 1.29 is 8.42 Å². The molecule has 0 fully saturated rings. The van der Waals surface area contributed by atoms with E-state index in [1.54, 1.807) is 29.5 Å². The molecular weight excluding hydrogens is 366 g/mol. The lowest BCUT2D eigenvalue weighted by Gasteiger charge is -2.13. The van der Waals surface area contributed by atoms with E-state index < -0.39 is 10.0 Å². The quantitative estimate of drug-likeness (QED) is 0.683. The summed E-state index contributed by atoms with van der Waals surface area (Å²) in [6.45, 7) is 4.84. The molecule has 0 aliphatic carbocycles. The summed E-state index contributed by atoms with van der Waals surface area (Å²) in [6.07, 6.45) is 0. The first-order valence-corrected chi connectivity index (χ1v) is 10.7. The molecule has 7 heteroatoms. The number of benzene rings is 2. The molecule has 0 atom stereocenters. The molecule has 0 amide bonds. The number of hydrogen-bond acceptors (Lipinski definition) is 5. The number of anilines is 1. The zero-order valence-electron chi connectivity index (χ0n) is 15.4. The van der Waals surface area contributed by atoms with Crippen LogP contribution in [0.5, 0.6) is 0 Å². The third kappa shape index (κ3) is 3.90. The Morgan fingerprint density at radius 3 is 2.62 bits per heavy atom. The summed E-state index contributed by atoms with van der Waals surface area (Å²) in [5.74, 6) is 0.421. The summed E-state index contributed by atoms with van der Waals surface area (Å²) in [7, 11) is -0.342. The van der Waals surface area contributed by atoms with Gasteiger partial charge in [0, 0.05) is 32.2 Å². The molecule has 1 aromatic heterocycles. The summed E-state index contributed by atoms with van der Waals surface area (Å²) in [6, 6.07) is 13.2. The maximum absolute atomic E-state index is 12.3. The fourth-order valence-electron chi connectivity index (χ4n) is 2.53. The molecule has 1 heterocycles. The third-order valence-electron chi connectivity index (χ3n) is 4.07. The van der Waals surface area contributed by atoms with Crippen LogP contribution in [0.4, 0.5) is 5.69 Å². The lowest BCUT2D eigenvalue weighted by molar-refractivity contribution is 0.520. The highest BCUT2D eigenvalue weighted by Gasteiger charge is 2.17. The van der Waals surface area contributed by atoms with Gasteiger partial charge in [-0.05, 0) is 35.9 Å². The Hall–Kier alpha value is -1.96. The van der Waals surface area contributed by atoms with Crippen LogP contribution in [0.3, 0.4) is 0 Å². The molecule has 0 unspecified atom stereocenters. The molecular formula is C19H23N3O2S2. The fourth-order valence-corrected chi connectivity index (χ4v) is 4.51. The smallest absolute Gasteiger partial charge is 0.242 e. The second-order valence-corrected chi connectivity index (χ2v) is 9.89. The first-order chi connectivity index (χ1) is 12.3. The molecule has 3 aromatic rings. The highest BCUT2D eigenvalue weighted by Crippen LogP contribution is 2.29. The van der Waals surface area contributed by atoms with E-state index in [1.807, 2.05) is 18.2 Å². The molecule has 0 spiro atoms. The summed E-state index contributed by atoms with van der Waals surface area (Å²) in [5.41, 5.74) is 2.93. The number of thiazole rings is 1. The molecule has 0 aliphatic heterocycles. The van der Waals surface area contributed by atoms with Gasteiger partial charge >= 0.3 is 0 Å². The van der Waals surface area contributed by atoms with Crippen LogP contribution in [0.1, 0.15) is 30.3 Å². The van der Waals surface area contributed by atoms with Crippen LogP contribution in [0.15, 0.2) is 47.4 Å². The second kappa shape index (κ2) is 7.34. The Labute approximate surface area is 158 Å². The van der Waals surface area contributed by atoms with Crippen LogP contribution in [0, 0.1) is 0 Å². The number of rotatable bonds is 6. The van der Waals surface area contributed by atoms with Gasteiger partial charge < -0.3 is 5.32 Å². The molecule has 0 saturated heterocycles. The predicted molar refractivity (Wildman–Crippen MR) is 108 cm³/mol. The van der Waals surface area contributed by atoms with E-state index in [9.17, 15) is 8.42 Å². The Balaban J connectivity index is 1.78. The van der Waals surface area contributed by atoms with Crippen LogP contribution in [0.2, 0.25) is 0 Å². The highest BCUT2D eigenvalue weighted by molar-refractivity contribution is 7.89. The number of aromatic nitrogens is 1. The van der Waals surface area contributed by atoms with Crippen LogP contribution in [0.25, 0.3) is 10.2 Å². The van der Waals surface area contributed by atoms with Gasteiger partial charge in [0.05, 0.1) is 20.1 Å². The van der Waals surface area contributed by atoms with Crippen molar-refractivity contribution in [3.05, 3.63) is 53.0 Å². The zero-order chi connectivity index (χ0) is 18.9. The van der Waals surface area contributed by atoms with E-state index in [1.165, 1.54) is 18.4 Å². The Morgan fingerprint density at radius 2 is 1.92 bits per heavy atom. The van der Waals surface area contributed by atoms with Crippen molar-refractivity contribution in [2.45, 2.75) is 31.2 Å². The number of hydrogen-bond donors (Lipinski definition) is 1. The van der Waals surface area contributed by atoms with Gasteiger partial charge in [0.2, 0.25) is 10.0 Å². The topological polar surface area (TPSA) is 62.3 Å². The second-order valence-electron chi connectivity index (χ2n) is 6.68. The normalized spacial score (nSPS) is 12.2. The summed E-state index contributed by atoms with van der Waals surface area (Å²) in [5, 5.41) is 4.51. The van der Waals surface area contributed by atoms with Crippen molar-refractivity contribution in [3.63, 3.8) is 0 Å². The molecule has 1 N–H and O–H groups in total. The summed E-state index contributed by atoms with van der Waals surface area (Å²) in [4.78, 5) is 4.95.